The van der Waals surface area contributed by atoms with E-state index < -0.39 is 10.0 Å². The van der Waals surface area contributed by atoms with Crippen LogP contribution in [0.15, 0.2) is 23.1 Å². The Morgan fingerprint density at radius 1 is 1.19 bits per heavy atom. The smallest absolute Gasteiger partial charge is 0.252 e. The van der Waals surface area contributed by atoms with Crippen LogP contribution in [0.5, 0.6) is 0 Å². The summed E-state index contributed by atoms with van der Waals surface area (Å²) in [7, 11) is -3.66. The van der Waals surface area contributed by atoms with E-state index in [2.05, 4.69) is 5.32 Å². The van der Waals surface area contributed by atoms with Gasteiger partial charge >= 0.3 is 0 Å². The van der Waals surface area contributed by atoms with Crippen molar-refractivity contribution in [2.45, 2.75) is 37.0 Å². The molecule has 6 nitrogen and oxygen atoms in total. The molecule has 1 aromatic carbocycles. The zero-order chi connectivity index (χ0) is 18.6. The van der Waals surface area contributed by atoms with Crippen LogP contribution >= 0.6 is 11.6 Å². The largest absolute Gasteiger partial charge is 0.379 e. The van der Waals surface area contributed by atoms with E-state index in [1.54, 1.807) is 0 Å². The second-order valence-electron chi connectivity index (χ2n) is 6.87. The number of hydrogen-bond donors (Lipinski definition) is 1. The third kappa shape index (κ3) is 4.57. The first-order valence-corrected chi connectivity index (χ1v) is 11.0. The maximum atomic E-state index is 12.8. The van der Waals surface area contributed by atoms with Crippen LogP contribution in [0.3, 0.4) is 0 Å². The number of sulfonamides is 1. The van der Waals surface area contributed by atoms with E-state index in [0.29, 0.717) is 38.8 Å². The Bertz CT molecular complexity index is 742. The number of halogens is 1. The van der Waals surface area contributed by atoms with Crippen LogP contribution < -0.4 is 5.32 Å². The van der Waals surface area contributed by atoms with Crippen LogP contribution in [-0.4, -0.2) is 51.5 Å². The summed E-state index contributed by atoms with van der Waals surface area (Å²) in [5.74, 6) is 0.173. The maximum absolute atomic E-state index is 12.8. The van der Waals surface area contributed by atoms with Gasteiger partial charge in [-0.05, 0) is 37.0 Å². The minimum Gasteiger partial charge on any atom is -0.379 e. The zero-order valence-corrected chi connectivity index (χ0v) is 16.3. The monoisotopic (exact) mass is 400 g/mol. The van der Waals surface area contributed by atoms with Gasteiger partial charge < -0.3 is 10.1 Å². The molecule has 1 aliphatic heterocycles. The third-order valence-electron chi connectivity index (χ3n) is 5.07. The Hall–Kier alpha value is -1.15. The van der Waals surface area contributed by atoms with Crippen molar-refractivity contribution in [3.63, 3.8) is 0 Å². The lowest BCUT2D eigenvalue weighted by molar-refractivity contribution is 0.0730. The van der Waals surface area contributed by atoms with Gasteiger partial charge in [-0.1, -0.05) is 30.9 Å². The SMILES string of the molecule is O=C(NCC1CCCCC1)c1cc(S(=O)(=O)N2CCOCC2)ccc1Cl. The molecule has 0 unspecified atom stereocenters. The van der Waals surface area contributed by atoms with Crippen molar-refractivity contribution in [2.24, 2.45) is 5.92 Å². The highest BCUT2D eigenvalue weighted by atomic mass is 35.5. The Balaban J connectivity index is 1.73. The van der Waals surface area contributed by atoms with E-state index in [1.165, 1.54) is 41.8 Å². The molecule has 1 N–H and O–H groups in total. The average Bonchev–Trinajstić information content (AvgIpc) is 2.68. The zero-order valence-electron chi connectivity index (χ0n) is 14.7. The molecule has 2 fully saturated rings. The molecule has 3 rings (SSSR count). The van der Waals surface area contributed by atoms with Gasteiger partial charge in [0.05, 0.1) is 28.7 Å². The highest BCUT2D eigenvalue weighted by molar-refractivity contribution is 7.89. The number of nitrogens with one attached hydrogen (secondary N) is 1. The van der Waals surface area contributed by atoms with Crippen LogP contribution in [0.1, 0.15) is 42.5 Å². The van der Waals surface area contributed by atoms with Crippen molar-refractivity contribution < 1.29 is 17.9 Å². The number of amides is 1. The maximum Gasteiger partial charge on any atom is 0.252 e. The lowest BCUT2D eigenvalue weighted by Gasteiger charge is -2.26. The molecule has 0 bridgehead atoms. The molecule has 2 aliphatic rings. The minimum atomic E-state index is -3.66. The van der Waals surface area contributed by atoms with E-state index in [9.17, 15) is 13.2 Å². The molecule has 1 aliphatic carbocycles. The van der Waals surface area contributed by atoms with E-state index >= 15 is 0 Å². The molecule has 0 radical (unpaired) electrons. The van der Waals surface area contributed by atoms with Gasteiger partial charge in [-0.15, -0.1) is 0 Å². The van der Waals surface area contributed by atoms with Crippen LogP contribution in [0.2, 0.25) is 5.02 Å². The number of carbonyl (C=O) groups is 1. The number of nitrogens with zero attached hydrogens (tertiary/aromatic N) is 1. The summed E-state index contributed by atoms with van der Waals surface area (Å²) in [5.41, 5.74) is 0.205. The number of rotatable bonds is 5. The van der Waals surface area contributed by atoms with Gasteiger partial charge in [0.1, 0.15) is 0 Å². The minimum absolute atomic E-state index is 0.0895. The third-order valence-corrected chi connectivity index (χ3v) is 7.29. The van der Waals surface area contributed by atoms with Crippen LogP contribution in [-0.2, 0) is 14.8 Å². The van der Waals surface area contributed by atoms with E-state index in [-0.39, 0.29) is 21.4 Å². The van der Waals surface area contributed by atoms with Crippen molar-refractivity contribution in [3.05, 3.63) is 28.8 Å². The fourth-order valence-electron chi connectivity index (χ4n) is 3.50. The second-order valence-corrected chi connectivity index (χ2v) is 9.22. The molecule has 8 heteroatoms. The topological polar surface area (TPSA) is 75.7 Å². The molecular weight excluding hydrogens is 376 g/mol. The second kappa shape index (κ2) is 8.69. The molecule has 0 spiro atoms. The summed E-state index contributed by atoms with van der Waals surface area (Å²) >= 11 is 6.16. The normalized spacial score (nSPS) is 20.0. The van der Waals surface area contributed by atoms with Crippen molar-refractivity contribution >= 4 is 27.5 Å². The Kier molecular flexibility index (Phi) is 6.55. The lowest BCUT2D eigenvalue weighted by Crippen LogP contribution is -2.40. The Labute approximate surface area is 159 Å². The highest BCUT2D eigenvalue weighted by Crippen LogP contribution is 2.25. The summed E-state index contributed by atoms with van der Waals surface area (Å²) in [4.78, 5) is 12.6. The van der Waals surface area contributed by atoms with Gasteiger partial charge in [-0.2, -0.15) is 4.31 Å². The van der Waals surface area contributed by atoms with Crippen molar-refractivity contribution in [1.82, 2.24) is 9.62 Å². The molecule has 144 valence electrons. The standard InChI is InChI=1S/C18H25ClN2O4S/c19-17-7-6-15(26(23,24)21-8-10-25-11-9-21)12-16(17)18(22)20-13-14-4-2-1-3-5-14/h6-7,12,14H,1-5,8-11,13H2,(H,20,22). The molecule has 0 aromatic heterocycles. The quantitative estimate of drug-likeness (QED) is 0.824. The number of hydrogen-bond acceptors (Lipinski definition) is 4. The lowest BCUT2D eigenvalue weighted by atomic mass is 9.89. The van der Waals surface area contributed by atoms with E-state index in [4.69, 9.17) is 16.3 Å². The number of carbonyl (C=O) groups excluding carboxylic acids is 1. The van der Waals surface area contributed by atoms with E-state index in [1.807, 2.05) is 0 Å². The predicted octanol–water partition coefficient (Wildman–Crippen LogP) is 2.67. The first kappa shape index (κ1) is 19.6. The molecule has 1 amide bonds. The van der Waals surface area contributed by atoms with Gasteiger partial charge in [-0.25, -0.2) is 8.42 Å². The first-order valence-electron chi connectivity index (χ1n) is 9.14. The molecule has 0 atom stereocenters. The molecule has 1 heterocycles. The van der Waals surface area contributed by atoms with Gasteiger partial charge in [-0.3, -0.25) is 4.79 Å². The van der Waals surface area contributed by atoms with Crippen LogP contribution in [0, 0.1) is 5.92 Å². The summed E-state index contributed by atoms with van der Waals surface area (Å²) < 4.78 is 32.1. The van der Waals surface area contributed by atoms with Crippen molar-refractivity contribution in [2.75, 3.05) is 32.8 Å². The molecular formula is C18H25ClN2O4S. The Morgan fingerprint density at radius 2 is 1.88 bits per heavy atom. The number of morpholine rings is 1. The van der Waals surface area contributed by atoms with Crippen molar-refractivity contribution in [3.8, 4) is 0 Å². The van der Waals surface area contributed by atoms with Gasteiger partial charge in [0, 0.05) is 19.6 Å². The van der Waals surface area contributed by atoms with Crippen LogP contribution in [0.25, 0.3) is 0 Å². The predicted molar refractivity (Wildman–Crippen MR) is 99.9 cm³/mol. The summed E-state index contributed by atoms with van der Waals surface area (Å²) in [6.45, 7) is 1.99. The Morgan fingerprint density at radius 3 is 2.58 bits per heavy atom. The van der Waals surface area contributed by atoms with Gasteiger partial charge in [0.2, 0.25) is 10.0 Å². The fraction of sp³-hybridized carbons (Fsp3) is 0.611. The molecule has 26 heavy (non-hydrogen) atoms. The summed E-state index contributed by atoms with van der Waals surface area (Å²) in [5, 5.41) is 3.17. The summed E-state index contributed by atoms with van der Waals surface area (Å²) in [6, 6.07) is 4.30. The van der Waals surface area contributed by atoms with Crippen LogP contribution in [0.4, 0.5) is 0 Å². The average molecular weight is 401 g/mol. The highest BCUT2D eigenvalue weighted by Gasteiger charge is 2.27. The molecule has 1 aromatic rings. The van der Waals surface area contributed by atoms with E-state index in [0.717, 1.165) is 12.8 Å². The number of benzene rings is 1. The van der Waals surface area contributed by atoms with Crippen molar-refractivity contribution in [1.29, 1.82) is 0 Å². The van der Waals surface area contributed by atoms with Gasteiger partial charge in [0.25, 0.3) is 5.91 Å². The molecule has 1 saturated carbocycles. The summed E-state index contributed by atoms with van der Waals surface area (Å²) in [6.07, 6.45) is 5.92. The fourth-order valence-corrected chi connectivity index (χ4v) is 5.14. The first-order chi connectivity index (χ1) is 12.5. The molecule has 1 saturated heterocycles. The number of ether oxygens (including phenoxy) is 1. The van der Waals surface area contributed by atoms with Gasteiger partial charge in [0.15, 0.2) is 0 Å².